The number of aryl methyl sites for hydroxylation is 1. The SMILES string of the molecule is Cc1cc(/C=C/C(=O)c2ccc([N+](=O)[O-])cc2)c(C)n1C(C)C. The number of rotatable bonds is 5. The first-order valence-electron chi connectivity index (χ1n) is 7.46. The van der Waals surface area contributed by atoms with Gasteiger partial charge in [-0.2, -0.15) is 0 Å². The molecule has 0 aliphatic rings. The van der Waals surface area contributed by atoms with Crippen molar-refractivity contribution in [2.75, 3.05) is 0 Å². The average molecular weight is 312 g/mol. The van der Waals surface area contributed by atoms with E-state index in [1.807, 2.05) is 13.8 Å². The summed E-state index contributed by atoms with van der Waals surface area (Å²) in [5.41, 5.74) is 3.69. The summed E-state index contributed by atoms with van der Waals surface area (Å²) in [4.78, 5) is 22.3. The summed E-state index contributed by atoms with van der Waals surface area (Å²) in [6.45, 7) is 8.32. The summed E-state index contributed by atoms with van der Waals surface area (Å²) < 4.78 is 2.22. The molecule has 0 aliphatic heterocycles. The fourth-order valence-corrected chi connectivity index (χ4v) is 2.78. The Bertz CT molecular complexity index is 768. The lowest BCUT2D eigenvalue weighted by Crippen LogP contribution is -2.04. The summed E-state index contributed by atoms with van der Waals surface area (Å²) in [6, 6.07) is 8.04. The topological polar surface area (TPSA) is 65.1 Å². The maximum Gasteiger partial charge on any atom is 0.269 e. The van der Waals surface area contributed by atoms with Gasteiger partial charge >= 0.3 is 0 Å². The highest BCUT2D eigenvalue weighted by Crippen LogP contribution is 2.21. The molecular formula is C18H20N2O3. The van der Waals surface area contributed by atoms with Crippen LogP contribution in [0, 0.1) is 24.0 Å². The van der Waals surface area contributed by atoms with Gasteiger partial charge in [-0.05, 0) is 63.6 Å². The van der Waals surface area contributed by atoms with Gasteiger partial charge < -0.3 is 4.57 Å². The molecule has 0 amide bonds. The maximum absolute atomic E-state index is 12.2. The Kier molecular flexibility index (Phi) is 4.79. The highest BCUT2D eigenvalue weighted by atomic mass is 16.6. The van der Waals surface area contributed by atoms with E-state index >= 15 is 0 Å². The number of carbonyl (C=O) groups is 1. The molecule has 2 rings (SSSR count). The Balaban J connectivity index is 2.21. The van der Waals surface area contributed by atoms with Crippen LogP contribution < -0.4 is 0 Å². The number of hydrogen-bond acceptors (Lipinski definition) is 3. The van der Waals surface area contributed by atoms with Crippen LogP contribution in [-0.4, -0.2) is 15.3 Å². The van der Waals surface area contributed by atoms with E-state index in [1.54, 1.807) is 6.08 Å². The van der Waals surface area contributed by atoms with Crippen molar-refractivity contribution < 1.29 is 9.72 Å². The van der Waals surface area contributed by atoms with Crippen LogP contribution in [0.15, 0.2) is 36.4 Å². The van der Waals surface area contributed by atoms with Crippen LogP contribution in [-0.2, 0) is 0 Å². The van der Waals surface area contributed by atoms with Crippen LogP contribution in [0.4, 0.5) is 5.69 Å². The van der Waals surface area contributed by atoms with Gasteiger partial charge in [0, 0.05) is 35.1 Å². The number of nitro groups is 1. The minimum absolute atomic E-state index is 0.0222. The Labute approximate surface area is 135 Å². The van der Waals surface area contributed by atoms with Gasteiger partial charge in [0.2, 0.25) is 0 Å². The van der Waals surface area contributed by atoms with E-state index in [1.165, 1.54) is 30.3 Å². The number of benzene rings is 1. The highest BCUT2D eigenvalue weighted by molar-refractivity contribution is 6.06. The van der Waals surface area contributed by atoms with Gasteiger partial charge in [-0.3, -0.25) is 14.9 Å². The van der Waals surface area contributed by atoms with E-state index in [-0.39, 0.29) is 11.5 Å². The first-order chi connectivity index (χ1) is 10.8. The summed E-state index contributed by atoms with van der Waals surface area (Å²) in [5, 5.41) is 10.6. The van der Waals surface area contributed by atoms with Crippen LogP contribution in [0.2, 0.25) is 0 Å². The van der Waals surface area contributed by atoms with Crippen molar-refractivity contribution in [3.63, 3.8) is 0 Å². The standard InChI is InChI=1S/C18H20N2O3/c1-12(2)19-13(3)11-16(14(19)4)7-10-18(21)15-5-8-17(9-6-15)20(22)23/h5-12H,1-4H3/b10-7+. The largest absolute Gasteiger partial charge is 0.346 e. The fraction of sp³-hybridized carbons (Fsp3) is 0.278. The van der Waals surface area contributed by atoms with E-state index in [0.29, 0.717) is 11.6 Å². The molecule has 0 saturated carbocycles. The zero-order valence-corrected chi connectivity index (χ0v) is 13.7. The molecule has 23 heavy (non-hydrogen) atoms. The third-order valence-corrected chi connectivity index (χ3v) is 3.82. The number of nitro benzene ring substituents is 1. The molecule has 0 bridgehead atoms. The molecular weight excluding hydrogens is 292 g/mol. The molecule has 1 aromatic carbocycles. The van der Waals surface area contributed by atoms with Crippen molar-refractivity contribution >= 4 is 17.5 Å². The molecule has 1 aromatic heterocycles. The lowest BCUT2D eigenvalue weighted by atomic mass is 10.1. The molecule has 0 unspecified atom stereocenters. The third kappa shape index (κ3) is 3.56. The molecule has 0 saturated heterocycles. The average Bonchev–Trinajstić information content (AvgIpc) is 2.79. The molecule has 5 heteroatoms. The van der Waals surface area contributed by atoms with Crippen molar-refractivity contribution in [3.8, 4) is 0 Å². The van der Waals surface area contributed by atoms with E-state index in [4.69, 9.17) is 0 Å². The van der Waals surface area contributed by atoms with Crippen LogP contribution in [0.3, 0.4) is 0 Å². The fourth-order valence-electron chi connectivity index (χ4n) is 2.78. The van der Waals surface area contributed by atoms with Gasteiger partial charge in [-0.15, -0.1) is 0 Å². The highest BCUT2D eigenvalue weighted by Gasteiger charge is 2.11. The van der Waals surface area contributed by atoms with E-state index in [0.717, 1.165) is 17.0 Å². The smallest absolute Gasteiger partial charge is 0.269 e. The van der Waals surface area contributed by atoms with Crippen LogP contribution in [0.25, 0.3) is 6.08 Å². The molecule has 0 N–H and O–H groups in total. The van der Waals surface area contributed by atoms with Crippen molar-refractivity contribution in [3.05, 3.63) is 69.0 Å². The minimum atomic E-state index is -0.481. The summed E-state index contributed by atoms with van der Waals surface area (Å²) >= 11 is 0. The van der Waals surface area contributed by atoms with Crippen molar-refractivity contribution in [1.29, 1.82) is 0 Å². The Morgan fingerprint density at radius 1 is 1.22 bits per heavy atom. The number of aromatic nitrogens is 1. The van der Waals surface area contributed by atoms with Crippen molar-refractivity contribution in [1.82, 2.24) is 4.57 Å². The van der Waals surface area contributed by atoms with E-state index in [2.05, 4.69) is 24.5 Å². The van der Waals surface area contributed by atoms with E-state index < -0.39 is 4.92 Å². The zero-order chi connectivity index (χ0) is 17.1. The molecule has 120 valence electrons. The summed E-state index contributed by atoms with van der Waals surface area (Å²) in [5.74, 6) is -0.172. The van der Waals surface area contributed by atoms with E-state index in [9.17, 15) is 14.9 Å². The Morgan fingerprint density at radius 3 is 2.30 bits per heavy atom. The summed E-state index contributed by atoms with van der Waals surface area (Å²) in [6.07, 6.45) is 3.30. The van der Waals surface area contributed by atoms with Crippen molar-refractivity contribution in [2.24, 2.45) is 0 Å². The van der Waals surface area contributed by atoms with Gasteiger partial charge in [0.05, 0.1) is 4.92 Å². The quantitative estimate of drug-likeness (QED) is 0.353. The first kappa shape index (κ1) is 16.7. The molecule has 1 heterocycles. The first-order valence-corrected chi connectivity index (χ1v) is 7.46. The van der Waals surface area contributed by atoms with Gasteiger partial charge in [0.15, 0.2) is 5.78 Å². The lowest BCUT2D eigenvalue weighted by molar-refractivity contribution is -0.384. The molecule has 5 nitrogen and oxygen atoms in total. The normalized spacial score (nSPS) is 11.3. The van der Waals surface area contributed by atoms with Crippen LogP contribution in [0.1, 0.15) is 47.2 Å². The number of allylic oxidation sites excluding steroid dienone is 1. The van der Waals surface area contributed by atoms with Crippen molar-refractivity contribution in [2.45, 2.75) is 33.7 Å². The molecule has 0 atom stereocenters. The van der Waals surface area contributed by atoms with Crippen LogP contribution in [0.5, 0.6) is 0 Å². The number of ketones is 1. The minimum Gasteiger partial charge on any atom is -0.346 e. The monoisotopic (exact) mass is 312 g/mol. The maximum atomic E-state index is 12.2. The Morgan fingerprint density at radius 2 is 1.83 bits per heavy atom. The van der Waals surface area contributed by atoms with Gasteiger partial charge in [-0.1, -0.05) is 0 Å². The number of hydrogen-bond donors (Lipinski definition) is 0. The predicted octanol–water partition coefficient (Wildman–Crippen LogP) is 4.49. The molecule has 0 fully saturated rings. The number of non-ortho nitro benzene ring substituents is 1. The van der Waals surface area contributed by atoms with Gasteiger partial charge in [-0.25, -0.2) is 0 Å². The third-order valence-electron chi connectivity index (χ3n) is 3.82. The molecule has 0 spiro atoms. The second-order valence-corrected chi connectivity index (χ2v) is 5.79. The van der Waals surface area contributed by atoms with Gasteiger partial charge in [0.25, 0.3) is 5.69 Å². The lowest BCUT2D eigenvalue weighted by Gasteiger charge is -2.13. The zero-order valence-electron chi connectivity index (χ0n) is 13.7. The van der Waals surface area contributed by atoms with Crippen LogP contribution >= 0.6 is 0 Å². The predicted molar refractivity (Wildman–Crippen MR) is 90.8 cm³/mol. The number of carbonyl (C=O) groups excluding carboxylic acids is 1. The second-order valence-electron chi connectivity index (χ2n) is 5.79. The molecule has 2 aromatic rings. The summed E-state index contributed by atoms with van der Waals surface area (Å²) in [7, 11) is 0. The Hall–Kier alpha value is -2.69. The van der Waals surface area contributed by atoms with Gasteiger partial charge in [0.1, 0.15) is 0 Å². The molecule has 0 radical (unpaired) electrons. The second kappa shape index (κ2) is 6.60. The molecule has 0 aliphatic carbocycles. The number of nitrogens with zero attached hydrogens (tertiary/aromatic N) is 2.